The quantitative estimate of drug-likeness (QED) is 0.621. The zero-order valence-corrected chi connectivity index (χ0v) is 7.62. The normalized spacial score (nSPS) is 7.86. The Labute approximate surface area is 83.4 Å². The molecule has 0 aliphatic heterocycles. The predicted octanol–water partition coefficient (Wildman–Crippen LogP) is 2.02. The molecule has 0 saturated heterocycles. The van der Waals surface area contributed by atoms with Gasteiger partial charge in [-0.25, -0.2) is 0 Å². The molecule has 2 nitrogen and oxygen atoms in total. The third kappa shape index (κ3) is 2.67. The maximum atomic E-state index is 8.57. The number of hydrogen-bond acceptors (Lipinski definition) is 2. The fraction of sp³-hybridized carbons (Fsp3) is 0.167. The van der Waals surface area contributed by atoms with E-state index < -0.39 is 0 Å². The Morgan fingerprint density at radius 3 is 2.57 bits per heavy atom. The molecule has 0 spiro atoms. The van der Waals surface area contributed by atoms with Crippen LogP contribution in [0.15, 0.2) is 24.3 Å². The van der Waals surface area contributed by atoms with Crippen molar-refractivity contribution in [2.75, 3.05) is 0 Å². The van der Waals surface area contributed by atoms with Gasteiger partial charge in [-0.05, 0) is 11.6 Å². The molecule has 0 unspecified atom stereocenters. The van der Waals surface area contributed by atoms with E-state index in [-0.39, 0.29) is 6.42 Å². The molecule has 0 fully saturated rings. The first kappa shape index (κ1) is 9.85. The van der Waals surface area contributed by atoms with E-state index in [0.29, 0.717) is 6.42 Å². The van der Waals surface area contributed by atoms with Gasteiger partial charge >= 0.3 is 0 Å². The molecule has 0 saturated carbocycles. The zero-order valence-electron chi connectivity index (χ0n) is 7.62. The second-order valence-electron chi connectivity index (χ2n) is 2.63. The molecule has 0 amide bonds. The van der Waals surface area contributed by atoms with Crippen LogP contribution in [0.2, 0.25) is 0 Å². The molecule has 0 aliphatic rings. The van der Waals surface area contributed by atoms with Crippen molar-refractivity contribution in [3.05, 3.63) is 35.4 Å². The minimum absolute atomic E-state index is 0.223. The third-order valence-corrected chi connectivity index (χ3v) is 1.68. The largest absolute Gasteiger partial charge is 0.198 e. The molecule has 0 radical (unpaired) electrons. The van der Waals surface area contributed by atoms with Gasteiger partial charge in [0.2, 0.25) is 0 Å². The Bertz CT molecular complexity index is 450. The summed E-state index contributed by atoms with van der Waals surface area (Å²) in [5, 5.41) is 16.9. The Morgan fingerprint density at radius 1 is 1.07 bits per heavy atom. The monoisotopic (exact) mass is 180 g/mol. The fourth-order valence-electron chi connectivity index (χ4n) is 1.06. The van der Waals surface area contributed by atoms with Gasteiger partial charge in [0.1, 0.15) is 0 Å². The Balaban J connectivity index is 2.94. The smallest absolute Gasteiger partial charge is 0.0966 e. The highest BCUT2D eigenvalue weighted by atomic mass is 14.2. The maximum absolute atomic E-state index is 8.57. The Hall–Kier alpha value is -2.24. The summed E-state index contributed by atoms with van der Waals surface area (Å²) in [6, 6.07) is 11.5. The van der Waals surface area contributed by atoms with Crippen LogP contribution in [0.5, 0.6) is 0 Å². The van der Waals surface area contributed by atoms with Crippen molar-refractivity contribution in [2.24, 2.45) is 0 Å². The summed E-state index contributed by atoms with van der Waals surface area (Å²) in [6.07, 6.45) is 0.582. The third-order valence-electron chi connectivity index (χ3n) is 1.68. The van der Waals surface area contributed by atoms with Crippen LogP contribution in [0.4, 0.5) is 0 Å². The van der Waals surface area contributed by atoms with E-state index >= 15 is 0 Å². The van der Waals surface area contributed by atoms with Crippen LogP contribution < -0.4 is 0 Å². The van der Waals surface area contributed by atoms with Gasteiger partial charge in [-0.1, -0.05) is 30.0 Å². The SMILES string of the molecule is N#CCC#Cc1ccccc1CC#N. The summed E-state index contributed by atoms with van der Waals surface area (Å²) < 4.78 is 0. The number of hydrogen-bond donors (Lipinski definition) is 0. The van der Waals surface area contributed by atoms with Crippen LogP contribution in [0.1, 0.15) is 17.5 Å². The van der Waals surface area contributed by atoms with Gasteiger partial charge in [0, 0.05) is 5.56 Å². The van der Waals surface area contributed by atoms with Crippen molar-refractivity contribution >= 4 is 0 Å². The van der Waals surface area contributed by atoms with E-state index in [1.165, 1.54) is 0 Å². The van der Waals surface area contributed by atoms with Gasteiger partial charge in [0.25, 0.3) is 0 Å². The first-order valence-corrected chi connectivity index (χ1v) is 4.19. The first-order chi connectivity index (χ1) is 6.88. The Kier molecular flexibility index (Phi) is 3.81. The highest BCUT2D eigenvalue weighted by Gasteiger charge is 1.96. The molecule has 0 bridgehead atoms. The standard InChI is InChI=1S/C12H8N2/c13-9-4-3-7-11-5-1-2-6-12(11)8-10-14/h1-2,5-6H,4,8H2. The van der Waals surface area contributed by atoms with E-state index in [2.05, 4.69) is 17.9 Å². The van der Waals surface area contributed by atoms with Gasteiger partial charge in [-0.2, -0.15) is 10.5 Å². The first-order valence-electron chi connectivity index (χ1n) is 4.19. The maximum Gasteiger partial charge on any atom is 0.0966 e. The van der Waals surface area contributed by atoms with Crippen LogP contribution in [0.25, 0.3) is 0 Å². The highest BCUT2D eigenvalue weighted by Crippen LogP contribution is 2.07. The summed E-state index contributed by atoms with van der Waals surface area (Å²) in [6.45, 7) is 0. The van der Waals surface area contributed by atoms with Crippen molar-refractivity contribution < 1.29 is 0 Å². The van der Waals surface area contributed by atoms with Crippen molar-refractivity contribution in [3.63, 3.8) is 0 Å². The van der Waals surface area contributed by atoms with Crippen molar-refractivity contribution in [1.29, 1.82) is 10.5 Å². The highest BCUT2D eigenvalue weighted by molar-refractivity contribution is 5.42. The molecule has 0 aromatic heterocycles. The summed E-state index contributed by atoms with van der Waals surface area (Å²) in [7, 11) is 0. The summed E-state index contributed by atoms with van der Waals surface area (Å²) in [5.74, 6) is 5.61. The number of rotatable bonds is 1. The van der Waals surface area contributed by atoms with Crippen molar-refractivity contribution in [3.8, 4) is 24.0 Å². The minimum Gasteiger partial charge on any atom is -0.198 e. The van der Waals surface area contributed by atoms with Crippen LogP contribution >= 0.6 is 0 Å². The van der Waals surface area contributed by atoms with E-state index in [9.17, 15) is 0 Å². The second-order valence-corrected chi connectivity index (χ2v) is 2.63. The van der Waals surface area contributed by atoms with E-state index in [1.807, 2.05) is 30.3 Å². The van der Waals surface area contributed by atoms with E-state index in [4.69, 9.17) is 10.5 Å². The van der Waals surface area contributed by atoms with Gasteiger partial charge < -0.3 is 0 Å². The number of benzene rings is 1. The molecular formula is C12H8N2. The molecular weight excluding hydrogens is 172 g/mol. The minimum atomic E-state index is 0.223. The molecule has 0 aliphatic carbocycles. The lowest BCUT2D eigenvalue weighted by molar-refractivity contribution is 1.25. The predicted molar refractivity (Wildman–Crippen MR) is 52.9 cm³/mol. The van der Waals surface area contributed by atoms with Gasteiger partial charge in [-0.3, -0.25) is 0 Å². The molecule has 66 valence electrons. The van der Waals surface area contributed by atoms with Crippen LogP contribution in [0.3, 0.4) is 0 Å². The Morgan fingerprint density at radius 2 is 1.86 bits per heavy atom. The fourth-order valence-corrected chi connectivity index (χ4v) is 1.06. The van der Waals surface area contributed by atoms with Crippen LogP contribution in [-0.4, -0.2) is 0 Å². The second kappa shape index (κ2) is 5.41. The molecule has 0 heterocycles. The molecule has 1 rings (SSSR count). The molecule has 1 aromatic carbocycles. The average Bonchev–Trinajstić information content (AvgIpc) is 2.21. The van der Waals surface area contributed by atoms with Crippen molar-refractivity contribution in [2.45, 2.75) is 12.8 Å². The zero-order chi connectivity index (χ0) is 10.2. The molecule has 0 N–H and O–H groups in total. The van der Waals surface area contributed by atoms with Crippen molar-refractivity contribution in [1.82, 2.24) is 0 Å². The lowest BCUT2D eigenvalue weighted by Gasteiger charge is -1.97. The van der Waals surface area contributed by atoms with Gasteiger partial charge in [-0.15, -0.1) is 0 Å². The molecule has 0 atom stereocenters. The molecule has 1 aromatic rings. The lowest BCUT2D eigenvalue weighted by atomic mass is 10.1. The molecule has 14 heavy (non-hydrogen) atoms. The number of nitriles is 2. The summed E-state index contributed by atoms with van der Waals surface area (Å²) in [5.41, 5.74) is 1.75. The van der Waals surface area contributed by atoms with Crippen LogP contribution in [0, 0.1) is 34.5 Å². The lowest BCUT2D eigenvalue weighted by Crippen LogP contribution is -1.86. The summed E-state index contributed by atoms with van der Waals surface area (Å²) >= 11 is 0. The van der Waals surface area contributed by atoms with Gasteiger partial charge in [0.15, 0.2) is 0 Å². The summed E-state index contributed by atoms with van der Waals surface area (Å²) in [4.78, 5) is 0. The topological polar surface area (TPSA) is 47.6 Å². The van der Waals surface area contributed by atoms with Gasteiger partial charge in [0.05, 0.1) is 25.0 Å². The molecule has 2 heteroatoms. The number of nitrogens with zero attached hydrogens (tertiary/aromatic N) is 2. The van der Waals surface area contributed by atoms with Crippen LogP contribution in [-0.2, 0) is 6.42 Å². The van der Waals surface area contributed by atoms with E-state index in [0.717, 1.165) is 11.1 Å². The average molecular weight is 180 g/mol. The van der Waals surface area contributed by atoms with E-state index in [1.54, 1.807) is 0 Å².